The number of aliphatic imine (C=N–C) groups is 1. The summed E-state index contributed by atoms with van der Waals surface area (Å²) < 4.78 is 21.2. The average molecular weight is 1110 g/mol. The quantitative estimate of drug-likeness (QED) is 0.0302. The molecule has 4 aliphatic rings. The Hall–Kier alpha value is -7.20. The maximum Gasteiger partial charge on any atom is 0.321 e. The molecule has 1 atom stereocenters. The molecule has 3 fully saturated rings. The summed E-state index contributed by atoms with van der Waals surface area (Å²) >= 11 is 5.98. The number of carbonyl (C=O) groups excluding carboxylic acids is 2. The van der Waals surface area contributed by atoms with Crippen LogP contribution in [0, 0.1) is 29.0 Å². The van der Waals surface area contributed by atoms with Gasteiger partial charge in [-0.2, -0.15) is 5.10 Å². The summed E-state index contributed by atoms with van der Waals surface area (Å²) in [4.78, 5) is 62.4. The van der Waals surface area contributed by atoms with Gasteiger partial charge < -0.3 is 40.8 Å². The summed E-state index contributed by atoms with van der Waals surface area (Å²) in [5.74, 6) is 0.509. The number of aromatic amines is 1. The van der Waals surface area contributed by atoms with Crippen molar-refractivity contribution in [1.29, 1.82) is 5.41 Å². The van der Waals surface area contributed by atoms with Crippen molar-refractivity contribution in [3.8, 4) is 11.5 Å². The molecule has 8 rings (SSSR count). The zero-order chi connectivity index (χ0) is 56.5. The van der Waals surface area contributed by atoms with Crippen LogP contribution in [0.4, 0.5) is 14.9 Å². The van der Waals surface area contributed by atoms with Gasteiger partial charge in [0.15, 0.2) is 18.5 Å². The zero-order valence-corrected chi connectivity index (χ0v) is 46.8. The second-order valence-electron chi connectivity index (χ2n) is 21.2. The Balaban J connectivity index is 0.804. The van der Waals surface area contributed by atoms with Crippen LogP contribution in [0.1, 0.15) is 98.8 Å². The largest absolute Gasteiger partial charge is 0.508 e. The maximum absolute atomic E-state index is 14.7. The highest BCUT2D eigenvalue weighted by Gasteiger charge is 2.37. The van der Waals surface area contributed by atoms with E-state index in [1.807, 2.05) is 42.7 Å². The third-order valence-electron chi connectivity index (χ3n) is 15.2. The number of H-pyrrole nitrogens is 1. The number of likely N-dealkylation sites (N-methyl/N-ethyl adjacent to an activating group) is 1. The van der Waals surface area contributed by atoms with Gasteiger partial charge in [-0.05, 0) is 119 Å². The molecule has 0 bridgehead atoms. The molecule has 22 heteroatoms. The number of phenols is 2. The van der Waals surface area contributed by atoms with Crippen LogP contribution in [0.2, 0.25) is 5.02 Å². The third-order valence-corrected chi connectivity index (χ3v) is 15.4. The molecule has 0 radical (unpaired) electrons. The molecule has 20 nitrogen and oxygen atoms in total. The molecule has 1 unspecified atom stereocenters. The first-order valence-electron chi connectivity index (χ1n) is 27.2. The number of morpholine rings is 1. The van der Waals surface area contributed by atoms with Gasteiger partial charge in [-0.25, -0.2) is 19.2 Å². The summed E-state index contributed by atoms with van der Waals surface area (Å²) in [7, 11) is 1.75. The lowest BCUT2D eigenvalue weighted by Gasteiger charge is -2.39. The SMILES string of the molecule is CC[N+](=O)CC1NN=C(c2cc(C(C)C)c(O)cc2O)N1c1ccc(CN2CCC(C(=O)N3CCC(N(C)C(=O)NC(C)=CC(=N)N=C(N)C=C(CN4CCOCC4)c4nc(Cc5ccc(Cl)cc5F)c(C)[nH]4)CC3)CC2)cc1. The fraction of sp³-hybridized carbons (Fsp3) is 0.474. The van der Waals surface area contributed by atoms with Crippen molar-refractivity contribution in [1.82, 2.24) is 40.3 Å². The molecule has 0 spiro atoms. The van der Waals surface area contributed by atoms with Crippen molar-refractivity contribution >= 4 is 52.3 Å². The van der Waals surface area contributed by atoms with Crippen molar-refractivity contribution in [2.45, 2.75) is 91.4 Å². The summed E-state index contributed by atoms with van der Waals surface area (Å²) in [5, 5.41) is 37.9. The van der Waals surface area contributed by atoms with Crippen LogP contribution in [0.3, 0.4) is 0 Å². The van der Waals surface area contributed by atoms with Crippen LogP contribution in [0.5, 0.6) is 11.5 Å². The van der Waals surface area contributed by atoms with E-state index in [4.69, 9.17) is 32.5 Å². The van der Waals surface area contributed by atoms with Gasteiger partial charge in [0.1, 0.15) is 34.8 Å². The number of allylic oxidation sites excluding steroid dienone is 1. The molecule has 3 amide bonds. The van der Waals surface area contributed by atoms with Crippen molar-refractivity contribution < 1.29 is 33.7 Å². The Morgan fingerprint density at radius 3 is 2.39 bits per heavy atom. The fourth-order valence-corrected chi connectivity index (χ4v) is 10.7. The van der Waals surface area contributed by atoms with Crippen molar-refractivity contribution in [3.63, 3.8) is 0 Å². The first-order chi connectivity index (χ1) is 37.8. The molecule has 422 valence electrons. The number of ether oxygens (including phenoxy) is 1. The first-order valence-corrected chi connectivity index (χ1v) is 27.6. The lowest BCUT2D eigenvalue weighted by molar-refractivity contribution is -0.547. The Kier molecular flexibility index (Phi) is 19.2. The highest BCUT2D eigenvalue weighted by Crippen LogP contribution is 2.36. The van der Waals surface area contributed by atoms with Crippen molar-refractivity contribution in [2.24, 2.45) is 21.7 Å². The lowest BCUT2D eigenvalue weighted by atomic mass is 9.93. The summed E-state index contributed by atoms with van der Waals surface area (Å²) in [6.07, 6.45) is 5.67. The van der Waals surface area contributed by atoms with E-state index in [1.165, 1.54) is 18.2 Å². The van der Waals surface area contributed by atoms with Crippen LogP contribution >= 0.6 is 11.6 Å². The molecule has 5 heterocycles. The number of aryl methyl sites for hydroxylation is 1. The standard InChI is InChI=1S/C57H74ClFN14O6/c1-7-72(78)34-53-66-67-55(46-30-45(35(2)3)49(74)31-50(46)75)73(53)44-12-8-38(9-13-44)32-69-18-14-39(15-19-69)56(76)71-20-16-43(17-21-71)68(6)57(77)62-36(4)26-51(60)65-52(61)28-41(33-70-22-24-79-25-23-70)54-63-37(5)48(64-54)27-40-10-11-42(58)29-47(40)59/h8-13,26,28-31,35,39,43,53H,7,14-25,27,32-34H2,1-6H3,(H7-,60,61,62,63,64,65,66,67,74,75,77)/p+1. The van der Waals surface area contributed by atoms with Gasteiger partial charge in [0.25, 0.3) is 0 Å². The second-order valence-corrected chi connectivity index (χ2v) is 21.6. The number of hydrazone groups is 1. The molecular weight excluding hydrogens is 1030 g/mol. The molecule has 0 saturated carbocycles. The predicted molar refractivity (Wildman–Crippen MR) is 305 cm³/mol. The number of halogens is 2. The number of aromatic hydroxyl groups is 2. The predicted octanol–water partition coefficient (Wildman–Crippen LogP) is 7.03. The second kappa shape index (κ2) is 26.2. The van der Waals surface area contributed by atoms with Gasteiger partial charge in [-0.3, -0.25) is 30.3 Å². The highest BCUT2D eigenvalue weighted by molar-refractivity contribution is 6.30. The number of nitroso groups, excluding NO2 is 1. The zero-order valence-electron chi connectivity index (χ0n) is 46.1. The summed E-state index contributed by atoms with van der Waals surface area (Å²) in [6, 6.07) is 15.4. The van der Waals surface area contributed by atoms with Gasteiger partial charge in [-0.15, -0.1) is 0 Å². The number of imidazole rings is 1. The average Bonchev–Trinajstić information content (AvgIpc) is 4.12. The minimum atomic E-state index is -0.487. The molecule has 3 saturated heterocycles. The van der Waals surface area contributed by atoms with Gasteiger partial charge in [0.05, 0.1) is 24.5 Å². The first kappa shape index (κ1) is 58.0. The smallest absolute Gasteiger partial charge is 0.321 e. The van der Waals surface area contributed by atoms with E-state index >= 15 is 0 Å². The number of amidine groups is 3. The number of piperidine rings is 2. The highest BCUT2D eigenvalue weighted by atomic mass is 35.5. The summed E-state index contributed by atoms with van der Waals surface area (Å²) in [5.41, 5.74) is 15.6. The van der Waals surface area contributed by atoms with Gasteiger partial charge in [-0.1, -0.05) is 43.6 Å². The summed E-state index contributed by atoms with van der Waals surface area (Å²) in [6.45, 7) is 16.2. The third kappa shape index (κ3) is 14.7. The number of hydrogen-bond donors (Lipinski definition) is 7. The Morgan fingerprint density at radius 2 is 1.72 bits per heavy atom. The Morgan fingerprint density at radius 1 is 1.01 bits per heavy atom. The van der Waals surface area contributed by atoms with Crippen molar-refractivity contribution in [3.05, 3.63) is 128 Å². The molecule has 0 aliphatic carbocycles. The number of nitrogens with two attached hydrogens (primary N) is 1. The topological polar surface area (TPSA) is 247 Å². The number of likely N-dealkylation sites (tertiary alicyclic amines) is 2. The van der Waals surface area contributed by atoms with Crippen LogP contribution in [-0.2, 0) is 22.5 Å². The van der Waals surface area contributed by atoms with Gasteiger partial charge in [0.2, 0.25) is 12.5 Å². The van der Waals surface area contributed by atoms with E-state index < -0.39 is 12.0 Å². The van der Waals surface area contributed by atoms with E-state index in [2.05, 4.69) is 47.8 Å². The van der Waals surface area contributed by atoms with E-state index in [9.17, 15) is 29.1 Å². The van der Waals surface area contributed by atoms with Crippen LogP contribution < -0.4 is 21.4 Å². The number of carbonyl (C=O) groups is 2. The minimum Gasteiger partial charge on any atom is -0.508 e. The van der Waals surface area contributed by atoms with Gasteiger partial charge >= 0.3 is 6.03 Å². The number of rotatable bonds is 18. The van der Waals surface area contributed by atoms with E-state index in [0.717, 1.165) is 53.2 Å². The number of anilines is 1. The Labute approximate surface area is 466 Å². The number of phenolic OH excluding ortho intramolecular Hbond substituents is 2. The minimum absolute atomic E-state index is 0.00116. The number of nitrogens with zero attached hydrogens (tertiary/aromatic N) is 9. The fourth-order valence-electron chi connectivity index (χ4n) is 10.6. The number of benzene rings is 3. The van der Waals surface area contributed by atoms with Crippen LogP contribution in [0.15, 0.2) is 82.5 Å². The lowest BCUT2D eigenvalue weighted by Crippen LogP contribution is -2.51. The molecule has 4 aromatic rings. The molecule has 4 aliphatic heterocycles. The van der Waals surface area contributed by atoms with E-state index in [1.54, 1.807) is 50.1 Å². The number of aromatic nitrogens is 2. The Bertz CT molecular complexity index is 2990. The van der Waals surface area contributed by atoms with E-state index in [-0.39, 0.29) is 66.0 Å². The van der Waals surface area contributed by atoms with E-state index in [0.29, 0.717) is 117 Å². The normalized spacial score (nSPS) is 18.5. The van der Waals surface area contributed by atoms with Crippen LogP contribution in [0.25, 0.3) is 5.57 Å². The number of urea groups is 1. The number of hydrogen-bond acceptors (Lipinski definition) is 13. The molecule has 3 aromatic carbocycles. The molecule has 1 aromatic heterocycles. The number of amides is 3. The molecular formula is C57H75ClFN14O6+. The molecule has 8 N–H and O–H groups in total. The monoisotopic (exact) mass is 1110 g/mol. The van der Waals surface area contributed by atoms with Gasteiger partial charge in [0, 0.05) is 114 Å². The van der Waals surface area contributed by atoms with Crippen molar-refractivity contribution in [2.75, 3.05) is 84.1 Å². The maximum atomic E-state index is 14.7. The van der Waals surface area contributed by atoms with Crippen LogP contribution in [-0.4, -0.2) is 165 Å². The number of nitrogens with one attached hydrogen (secondary N) is 4. The molecule has 79 heavy (non-hydrogen) atoms.